The molecular weight excluding hydrogens is 408 g/mol. The summed E-state index contributed by atoms with van der Waals surface area (Å²) < 4.78 is 27.9. The third kappa shape index (κ3) is 5.16. The summed E-state index contributed by atoms with van der Waals surface area (Å²) in [6, 6.07) is 21.8. The van der Waals surface area contributed by atoms with Gasteiger partial charge in [0.25, 0.3) is 15.9 Å². The van der Waals surface area contributed by atoms with Crippen LogP contribution in [0.3, 0.4) is 0 Å². The number of nitrogens with one attached hydrogen (secondary N) is 2. The Morgan fingerprint density at radius 1 is 0.931 bits per heavy atom. The van der Waals surface area contributed by atoms with E-state index >= 15 is 0 Å². The molecule has 1 amide bonds. The Morgan fingerprint density at radius 2 is 1.55 bits per heavy atom. The number of hydrogen-bond donors (Lipinski definition) is 2. The van der Waals surface area contributed by atoms with E-state index in [2.05, 4.69) is 10.0 Å². The highest BCUT2D eigenvalue weighted by atomic mass is 35.5. The Balaban J connectivity index is 1.84. The molecule has 2 N–H and O–H groups in total. The van der Waals surface area contributed by atoms with Crippen LogP contribution in [0.25, 0.3) is 0 Å². The number of amides is 1. The lowest BCUT2D eigenvalue weighted by atomic mass is 10.0. The molecule has 0 spiro atoms. The van der Waals surface area contributed by atoms with Gasteiger partial charge in [-0.25, -0.2) is 8.42 Å². The first-order chi connectivity index (χ1) is 13.9. The molecule has 0 heterocycles. The van der Waals surface area contributed by atoms with Gasteiger partial charge in [-0.2, -0.15) is 0 Å². The number of anilines is 1. The molecule has 0 saturated carbocycles. The molecule has 0 aliphatic rings. The lowest BCUT2D eigenvalue weighted by Crippen LogP contribution is -2.29. The molecule has 0 aliphatic carbocycles. The number of rotatable bonds is 7. The number of halogens is 1. The summed E-state index contributed by atoms with van der Waals surface area (Å²) in [6.45, 7) is 1.98. The summed E-state index contributed by atoms with van der Waals surface area (Å²) in [4.78, 5) is 13.0. The fourth-order valence-corrected chi connectivity index (χ4v) is 4.14. The molecule has 0 radical (unpaired) electrons. The van der Waals surface area contributed by atoms with Crippen LogP contribution < -0.4 is 10.0 Å². The molecule has 0 saturated heterocycles. The first-order valence-electron chi connectivity index (χ1n) is 9.14. The molecule has 0 bridgehead atoms. The van der Waals surface area contributed by atoms with Crippen molar-refractivity contribution in [2.45, 2.75) is 24.3 Å². The second-order valence-corrected chi connectivity index (χ2v) is 8.57. The minimum atomic E-state index is -3.86. The van der Waals surface area contributed by atoms with Gasteiger partial charge in [0, 0.05) is 5.02 Å². The molecule has 5 nitrogen and oxygen atoms in total. The summed E-state index contributed by atoms with van der Waals surface area (Å²) in [6.07, 6.45) is 0.703. The largest absolute Gasteiger partial charge is 0.345 e. The topological polar surface area (TPSA) is 75.3 Å². The third-order valence-corrected chi connectivity index (χ3v) is 6.09. The lowest BCUT2D eigenvalue weighted by Gasteiger charge is -2.19. The standard InChI is InChI=1S/C22H21ClN2O3S/c1-2-20(16-8-4-3-5-9-16)24-22(26)19-10-6-7-11-21(19)25-29(27,28)18-14-12-17(23)13-15-18/h3-15,20,25H,2H2,1H3,(H,24,26)/t20-/m0/s1. The minimum absolute atomic E-state index is 0.0628. The molecule has 3 rings (SSSR count). The van der Waals surface area contributed by atoms with E-state index in [4.69, 9.17) is 11.6 Å². The van der Waals surface area contributed by atoms with E-state index in [1.54, 1.807) is 24.3 Å². The zero-order valence-electron chi connectivity index (χ0n) is 15.8. The molecule has 3 aromatic carbocycles. The first-order valence-corrected chi connectivity index (χ1v) is 11.0. The first kappa shape index (κ1) is 20.9. The second kappa shape index (κ2) is 9.11. The summed E-state index contributed by atoms with van der Waals surface area (Å²) in [7, 11) is -3.86. The van der Waals surface area contributed by atoms with Crippen LogP contribution in [0.2, 0.25) is 5.02 Å². The van der Waals surface area contributed by atoms with Crippen LogP contribution in [-0.4, -0.2) is 14.3 Å². The van der Waals surface area contributed by atoms with Crippen molar-refractivity contribution in [2.75, 3.05) is 4.72 Å². The zero-order valence-corrected chi connectivity index (χ0v) is 17.4. The maximum absolute atomic E-state index is 12.9. The van der Waals surface area contributed by atoms with Crippen LogP contribution in [0, 0.1) is 0 Å². The van der Waals surface area contributed by atoms with Gasteiger partial charge in [0.1, 0.15) is 0 Å². The Kier molecular flexibility index (Phi) is 6.56. The van der Waals surface area contributed by atoms with E-state index in [9.17, 15) is 13.2 Å². The summed E-state index contributed by atoms with van der Waals surface area (Å²) >= 11 is 5.83. The Hall–Kier alpha value is -2.83. The Morgan fingerprint density at radius 3 is 2.21 bits per heavy atom. The SMILES string of the molecule is CC[C@H](NC(=O)c1ccccc1NS(=O)(=O)c1ccc(Cl)cc1)c1ccccc1. The van der Waals surface area contributed by atoms with E-state index in [1.807, 2.05) is 37.3 Å². The van der Waals surface area contributed by atoms with Crippen LogP contribution in [0.15, 0.2) is 83.8 Å². The molecule has 3 aromatic rings. The van der Waals surface area contributed by atoms with Crippen molar-refractivity contribution < 1.29 is 13.2 Å². The van der Waals surface area contributed by atoms with Crippen molar-refractivity contribution >= 4 is 33.2 Å². The molecule has 0 unspecified atom stereocenters. The number of carbonyl (C=O) groups is 1. The highest BCUT2D eigenvalue weighted by Gasteiger charge is 2.20. The van der Waals surface area contributed by atoms with Crippen molar-refractivity contribution in [3.05, 3.63) is 95.0 Å². The molecular formula is C22H21ClN2O3S. The molecule has 29 heavy (non-hydrogen) atoms. The second-order valence-electron chi connectivity index (χ2n) is 6.45. The van der Waals surface area contributed by atoms with E-state index in [0.717, 1.165) is 5.56 Å². The van der Waals surface area contributed by atoms with E-state index in [-0.39, 0.29) is 28.1 Å². The quantitative estimate of drug-likeness (QED) is 0.554. The predicted octanol–water partition coefficient (Wildman–Crippen LogP) is 5.02. The van der Waals surface area contributed by atoms with Crippen molar-refractivity contribution in [3.8, 4) is 0 Å². The van der Waals surface area contributed by atoms with E-state index < -0.39 is 10.0 Å². The summed E-state index contributed by atoms with van der Waals surface area (Å²) in [5.41, 5.74) is 1.45. The number of sulfonamides is 1. The van der Waals surface area contributed by atoms with Gasteiger partial charge in [-0.1, -0.05) is 61.0 Å². The number of para-hydroxylation sites is 1. The molecule has 0 aromatic heterocycles. The average Bonchev–Trinajstić information content (AvgIpc) is 2.73. The van der Waals surface area contributed by atoms with Crippen molar-refractivity contribution in [1.29, 1.82) is 0 Å². The van der Waals surface area contributed by atoms with Gasteiger partial charge in [-0.3, -0.25) is 9.52 Å². The van der Waals surface area contributed by atoms with Crippen LogP contribution in [-0.2, 0) is 10.0 Å². The van der Waals surface area contributed by atoms with Gasteiger partial charge in [-0.15, -0.1) is 0 Å². The van der Waals surface area contributed by atoms with Gasteiger partial charge in [0.15, 0.2) is 0 Å². The van der Waals surface area contributed by atoms with Crippen LogP contribution in [0.1, 0.15) is 35.3 Å². The highest BCUT2D eigenvalue weighted by molar-refractivity contribution is 7.92. The lowest BCUT2D eigenvalue weighted by molar-refractivity contribution is 0.0936. The normalized spacial score (nSPS) is 12.2. The predicted molar refractivity (Wildman–Crippen MR) is 116 cm³/mol. The monoisotopic (exact) mass is 428 g/mol. The molecule has 0 aliphatic heterocycles. The number of hydrogen-bond acceptors (Lipinski definition) is 3. The van der Waals surface area contributed by atoms with Gasteiger partial charge < -0.3 is 5.32 Å². The minimum Gasteiger partial charge on any atom is -0.345 e. The Labute approximate surface area is 175 Å². The van der Waals surface area contributed by atoms with Gasteiger partial charge >= 0.3 is 0 Å². The maximum Gasteiger partial charge on any atom is 0.261 e. The van der Waals surface area contributed by atoms with Gasteiger partial charge in [-0.05, 0) is 48.4 Å². The van der Waals surface area contributed by atoms with Crippen molar-refractivity contribution in [3.63, 3.8) is 0 Å². The molecule has 7 heteroatoms. The molecule has 1 atom stereocenters. The van der Waals surface area contributed by atoms with Crippen molar-refractivity contribution in [1.82, 2.24) is 5.32 Å². The van der Waals surface area contributed by atoms with Crippen LogP contribution in [0.4, 0.5) is 5.69 Å². The molecule has 150 valence electrons. The zero-order chi connectivity index (χ0) is 20.9. The fraction of sp³-hybridized carbons (Fsp3) is 0.136. The van der Waals surface area contributed by atoms with E-state index in [1.165, 1.54) is 24.3 Å². The number of carbonyl (C=O) groups excluding carboxylic acids is 1. The number of benzene rings is 3. The van der Waals surface area contributed by atoms with Crippen LogP contribution in [0.5, 0.6) is 0 Å². The smallest absolute Gasteiger partial charge is 0.261 e. The van der Waals surface area contributed by atoms with E-state index in [0.29, 0.717) is 11.4 Å². The van der Waals surface area contributed by atoms with Gasteiger partial charge in [0.05, 0.1) is 22.2 Å². The fourth-order valence-electron chi connectivity index (χ4n) is 2.93. The Bertz CT molecular complexity index is 1080. The third-order valence-electron chi connectivity index (χ3n) is 4.46. The summed E-state index contributed by atoms with van der Waals surface area (Å²) in [5, 5.41) is 3.42. The molecule has 0 fully saturated rings. The van der Waals surface area contributed by atoms with Gasteiger partial charge in [0.2, 0.25) is 0 Å². The highest BCUT2D eigenvalue weighted by Crippen LogP contribution is 2.23. The summed E-state index contributed by atoms with van der Waals surface area (Å²) in [5.74, 6) is -0.352. The maximum atomic E-state index is 12.9. The average molecular weight is 429 g/mol. The van der Waals surface area contributed by atoms with Crippen molar-refractivity contribution in [2.24, 2.45) is 0 Å². The van der Waals surface area contributed by atoms with Crippen LogP contribution >= 0.6 is 11.6 Å².